The van der Waals surface area contributed by atoms with Crippen LogP contribution >= 0.6 is 0 Å². The molecule has 10 aromatic carbocycles. The number of nitrogens with zero attached hydrogens (tertiary/aromatic N) is 3. The van der Waals surface area contributed by atoms with Crippen molar-refractivity contribution in [2.45, 2.75) is 0 Å². The van der Waals surface area contributed by atoms with E-state index < -0.39 is 0 Å². The Labute approximate surface area is 367 Å². The van der Waals surface area contributed by atoms with Crippen molar-refractivity contribution in [3.05, 3.63) is 224 Å². The Kier molecular flexibility index (Phi) is 7.36. The SMILES string of the molecule is c1ccc(-c2ccccc2-c2ccc3c(c2)oc2cccc(-n4c5ccccc5c5ccc(-n6c7ccccc7c7cc(-n8c9ccccc9c9ccccc98)ccc76)cc54)c23)cc1. The first kappa shape index (κ1) is 35.0. The number of rotatable bonds is 5. The van der Waals surface area contributed by atoms with Crippen LogP contribution in [-0.4, -0.2) is 13.7 Å². The molecule has 4 aromatic heterocycles. The zero-order valence-electron chi connectivity index (χ0n) is 34.6. The molecule has 0 radical (unpaired) electrons. The van der Waals surface area contributed by atoms with Crippen molar-refractivity contribution in [1.29, 1.82) is 0 Å². The van der Waals surface area contributed by atoms with Crippen LogP contribution in [0.15, 0.2) is 229 Å². The van der Waals surface area contributed by atoms with Gasteiger partial charge in [0.1, 0.15) is 11.2 Å². The fourth-order valence-electron chi connectivity index (χ4n) is 10.7. The summed E-state index contributed by atoms with van der Waals surface area (Å²) in [6, 6.07) is 81.4. The third-order valence-electron chi connectivity index (χ3n) is 13.4. The van der Waals surface area contributed by atoms with E-state index in [4.69, 9.17) is 4.42 Å². The summed E-state index contributed by atoms with van der Waals surface area (Å²) >= 11 is 0. The van der Waals surface area contributed by atoms with Gasteiger partial charge < -0.3 is 18.1 Å². The second-order valence-electron chi connectivity index (χ2n) is 16.9. The van der Waals surface area contributed by atoms with Crippen LogP contribution in [0.3, 0.4) is 0 Å². The van der Waals surface area contributed by atoms with Crippen molar-refractivity contribution in [3.8, 4) is 39.3 Å². The average Bonchev–Trinajstić information content (AvgIpc) is 4.10. The largest absolute Gasteiger partial charge is 0.456 e. The highest BCUT2D eigenvalue weighted by atomic mass is 16.3. The standard InChI is InChI=1S/C60H37N3O/c1-2-15-38(16-3-1)42-17-4-5-18-43(42)39-29-32-49-59(35-39)64-58-28-14-27-56(60(49)58)63-54-26-13-8-21-46(54)48-33-30-41(37-57(48)63)62-53-25-12-9-22-47(53)50-36-40(31-34-55(50)62)61-51-23-10-6-19-44(51)45-20-7-11-24-52(45)61/h1-37H. The van der Waals surface area contributed by atoms with E-state index in [9.17, 15) is 0 Å². The van der Waals surface area contributed by atoms with Crippen LogP contribution in [0.25, 0.3) is 127 Å². The number of hydrogen-bond acceptors (Lipinski definition) is 1. The lowest BCUT2D eigenvalue weighted by molar-refractivity contribution is 0.669. The fourth-order valence-corrected chi connectivity index (χ4v) is 10.7. The van der Waals surface area contributed by atoms with Crippen LogP contribution in [-0.2, 0) is 0 Å². The lowest BCUT2D eigenvalue weighted by Crippen LogP contribution is -1.98. The number of aromatic nitrogens is 3. The molecule has 298 valence electrons. The fraction of sp³-hybridized carbons (Fsp3) is 0. The third-order valence-corrected chi connectivity index (χ3v) is 13.4. The van der Waals surface area contributed by atoms with Gasteiger partial charge in [-0.1, -0.05) is 146 Å². The summed E-state index contributed by atoms with van der Waals surface area (Å²) in [5.41, 5.74) is 16.8. The van der Waals surface area contributed by atoms with E-state index in [1.807, 2.05) is 0 Å². The molecule has 0 saturated carbocycles. The normalized spacial score (nSPS) is 12.1. The number of fused-ring (bicyclic) bond motifs is 12. The highest BCUT2D eigenvalue weighted by Gasteiger charge is 2.21. The van der Waals surface area contributed by atoms with Crippen molar-refractivity contribution < 1.29 is 4.42 Å². The van der Waals surface area contributed by atoms with Crippen molar-refractivity contribution in [2.24, 2.45) is 0 Å². The van der Waals surface area contributed by atoms with E-state index in [0.717, 1.165) is 55.6 Å². The minimum absolute atomic E-state index is 0.865. The van der Waals surface area contributed by atoms with Crippen LogP contribution in [0.2, 0.25) is 0 Å². The molecule has 14 aromatic rings. The monoisotopic (exact) mass is 815 g/mol. The Morgan fingerprint density at radius 1 is 0.266 bits per heavy atom. The summed E-state index contributed by atoms with van der Waals surface area (Å²) in [4.78, 5) is 0. The molecule has 0 aliphatic heterocycles. The molecule has 4 nitrogen and oxygen atoms in total. The molecule has 0 spiro atoms. The first-order chi connectivity index (χ1) is 31.8. The summed E-state index contributed by atoms with van der Waals surface area (Å²) in [6.07, 6.45) is 0. The van der Waals surface area contributed by atoms with Gasteiger partial charge in [-0.25, -0.2) is 0 Å². The molecule has 0 saturated heterocycles. The number of benzene rings is 10. The second kappa shape index (κ2) is 13.4. The van der Waals surface area contributed by atoms with Crippen molar-refractivity contribution in [2.75, 3.05) is 0 Å². The zero-order valence-corrected chi connectivity index (χ0v) is 34.6. The van der Waals surface area contributed by atoms with Crippen molar-refractivity contribution >= 4 is 87.4 Å². The molecule has 0 atom stereocenters. The molecule has 14 rings (SSSR count). The number of furan rings is 1. The van der Waals surface area contributed by atoms with Gasteiger partial charge >= 0.3 is 0 Å². The Morgan fingerprint density at radius 3 is 1.44 bits per heavy atom. The summed E-state index contributed by atoms with van der Waals surface area (Å²) in [5, 5.41) is 9.58. The van der Waals surface area contributed by atoms with Crippen LogP contribution in [0.1, 0.15) is 0 Å². The van der Waals surface area contributed by atoms with Gasteiger partial charge in [0, 0.05) is 49.1 Å². The van der Waals surface area contributed by atoms with Crippen LogP contribution in [0, 0.1) is 0 Å². The van der Waals surface area contributed by atoms with Gasteiger partial charge in [0.05, 0.1) is 44.2 Å². The van der Waals surface area contributed by atoms with E-state index in [-0.39, 0.29) is 0 Å². The molecule has 64 heavy (non-hydrogen) atoms. The summed E-state index contributed by atoms with van der Waals surface area (Å²) in [5.74, 6) is 0. The van der Waals surface area contributed by atoms with Gasteiger partial charge in [-0.3, -0.25) is 0 Å². The first-order valence-corrected chi connectivity index (χ1v) is 21.9. The molecule has 0 amide bonds. The molecule has 0 aliphatic rings. The Morgan fingerprint density at radius 2 is 0.766 bits per heavy atom. The second-order valence-corrected chi connectivity index (χ2v) is 16.9. The van der Waals surface area contributed by atoms with Gasteiger partial charge in [0.2, 0.25) is 0 Å². The van der Waals surface area contributed by atoms with Crippen molar-refractivity contribution in [1.82, 2.24) is 13.7 Å². The van der Waals surface area contributed by atoms with Gasteiger partial charge in [0.25, 0.3) is 0 Å². The maximum Gasteiger partial charge on any atom is 0.137 e. The molecule has 4 heterocycles. The third kappa shape index (κ3) is 4.99. The number of hydrogen-bond donors (Lipinski definition) is 0. The Bertz CT molecular complexity index is 4140. The predicted molar refractivity (Wildman–Crippen MR) is 268 cm³/mol. The number of para-hydroxylation sites is 4. The lowest BCUT2D eigenvalue weighted by atomic mass is 9.94. The molecule has 0 aliphatic carbocycles. The van der Waals surface area contributed by atoms with E-state index in [1.165, 1.54) is 71.1 Å². The molecule has 0 bridgehead atoms. The maximum absolute atomic E-state index is 6.77. The Balaban J connectivity index is 0.969. The van der Waals surface area contributed by atoms with Crippen molar-refractivity contribution in [3.63, 3.8) is 0 Å². The summed E-state index contributed by atoms with van der Waals surface area (Å²) in [7, 11) is 0. The van der Waals surface area contributed by atoms with Crippen LogP contribution < -0.4 is 0 Å². The smallest absolute Gasteiger partial charge is 0.137 e. The van der Waals surface area contributed by atoms with Gasteiger partial charge in [-0.2, -0.15) is 0 Å². The quantitative estimate of drug-likeness (QED) is 0.170. The van der Waals surface area contributed by atoms with Gasteiger partial charge in [0.15, 0.2) is 0 Å². The van der Waals surface area contributed by atoms with Crippen LogP contribution in [0.4, 0.5) is 0 Å². The molecule has 0 unspecified atom stereocenters. The topological polar surface area (TPSA) is 27.9 Å². The molecule has 4 heteroatoms. The van der Waals surface area contributed by atoms with E-state index >= 15 is 0 Å². The van der Waals surface area contributed by atoms with Gasteiger partial charge in [-0.15, -0.1) is 0 Å². The minimum atomic E-state index is 0.865. The highest BCUT2D eigenvalue weighted by Crippen LogP contribution is 2.43. The van der Waals surface area contributed by atoms with Crippen LogP contribution in [0.5, 0.6) is 0 Å². The minimum Gasteiger partial charge on any atom is -0.456 e. The summed E-state index contributed by atoms with van der Waals surface area (Å²) < 4.78 is 14.1. The molecular formula is C60H37N3O. The van der Waals surface area contributed by atoms with Gasteiger partial charge in [-0.05, 0) is 101 Å². The molecule has 0 N–H and O–H groups in total. The predicted octanol–water partition coefficient (Wildman–Crippen LogP) is 16.2. The first-order valence-electron chi connectivity index (χ1n) is 21.9. The van der Waals surface area contributed by atoms with E-state index in [1.54, 1.807) is 0 Å². The Hall–Kier alpha value is -8.60. The zero-order chi connectivity index (χ0) is 41.9. The average molecular weight is 816 g/mol. The molecular weight excluding hydrogens is 779 g/mol. The molecule has 0 fully saturated rings. The van der Waals surface area contributed by atoms with E-state index in [0.29, 0.717) is 0 Å². The maximum atomic E-state index is 6.77. The lowest BCUT2D eigenvalue weighted by Gasteiger charge is -2.13. The summed E-state index contributed by atoms with van der Waals surface area (Å²) in [6.45, 7) is 0. The highest BCUT2D eigenvalue weighted by molar-refractivity contribution is 6.16. The van der Waals surface area contributed by atoms with E-state index in [2.05, 4.69) is 238 Å².